The van der Waals surface area contributed by atoms with E-state index in [1.54, 1.807) is 6.66 Å². The van der Waals surface area contributed by atoms with Crippen molar-refractivity contribution in [2.75, 3.05) is 25.6 Å². The molecule has 4 N–H and O–H groups in total. The Bertz CT molecular complexity index is 219. The molecule has 0 rings (SSSR count). The summed E-state index contributed by atoms with van der Waals surface area (Å²) in [7, 11) is -2.38. The van der Waals surface area contributed by atoms with Crippen LogP contribution in [0.5, 0.6) is 0 Å². The van der Waals surface area contributed by atoms with Crippen LogP contribution in [0.1, 0.15) is 6.42 Å². The van der Waals surface area contributed by atoms with Crippen molar-refractivity contribution in [2.24, 2.45) is 5.73 Å². The van der Waals surface area contributed by atoms with Gasteiger partial charge in [0.2, 0.25) is 0 Å². The first-order valence-electron chi connectivity index (χ1n) is 4.04. The van der Waals surface area contributed by atoms with Crippen molar-refractivity contribution in [3.63, 3.8) is 0 Å². The Hall–Kier alpha value is -0.380. The van der Waals surface area contributed by atoms with E-state index in [2.05, 4.69) is 0 Å². The molecular formula is C7H16NO4P. The zero-order valence-electron chi connectivity index (χ0n) is 7.64. The van der Waals surface area contributed by atoms with Gasteiger partial charge in [0.15, 0.2) is 0 Å². The maximum absolute atomic E-state index is 11.5. The highest BCUT2D eigenvalue weighted by Crippen LogP contribution is 2.41. The average molecular weight is 209 g/mol. The molecule has 0 bridgehead atoms. The first-order chi connectivity index (χ1) is 5.89. The third-order valence-corrected chi connectivity index (χ3v) is 4.15. The highest BCUT2D eigenvalue weighted by molar-refractivity contribution is 7.63. The largest absolute Gasteiger partial charge is 0.480 e. The monoisotopic (exact) mass is 209 g/mol. The second-order valence-corrected chi connectivity index (χ2v) is 6.69. The highest BCUT2D eigenvalue weighted by Gasteiger charge is 2.19. The first kappa shape index (κ1) is 12.6. The number of aliphatic hydroxyl groups excluding tert-OH is 1. The number of carbonyl (C=O) groups is 1. The molecule has 5 nitrogen and oxygen atoms in total. The van der Waals surface area contributed by atoms with Gasteiger partial charge in [-0.2, -0.15) is 0 Å². The summed E-state index contributed by atoms with van der Waals surface area (Å²) in [6.07, 6.45) is 0.712. The average Bonchev–Trinajstić information content (AvgIpc) is 2.00. The van der Waals surface area contributed by atoms with Crippen molar-refractivity contribution in [1.29, 1.82) is 0 Å². The van der Waals surface area contributed by atoms with Crippen LogP contribution in [0.15, 0.2) is 0 Å². The lowest BCUT2D eigenvalue weighted by Gasteiger charge is -2.12. The molecule has 0 amide bonds. The normalized spacial score (nSPS) is 17.8. The Morgan fingerprint density at radius 3 is 2.46 bits per heavy atom. The van der Waals surface area contributed by atoms with Crippen LogP contribution in [0.25, 0.3) is 0 Å². The van der Waals surface area contributed by atoms with Crippen LogP contribution < -0.4 is 5.73 Å². The fraction of sp³-hybridized carbons (Fsp3) is 0.857. The summed E-state index contributed by atoms with van der Waals surface area (Å²) >= 11 is 0. The third-order valence-electron chi connectivity index (χ3n) is 1.80. The van der Waals surface area contributed by atoms with Crippen LogP contribution >= 0.6 is 7.14 Å². The molecule has 1 unspecified atom stereocenters. The number of hydrogen-bond acceptors (Lipinski definition) is 4. The Labute approximate surface area is 77.3 Å². The van der Waals surface area contributed by atoms with E-state index >= 15 is 0 Å². The van der Waals surface area contributed by atoms with E-state index in [1.807, 2.05) is 0 Å². The van der Waals surface area contributed by atoms with Crippen LogP contribution in [0.2, 0.25) is 0 Å². The van der Waals surface area contributed by atoms with Crippen molar-refractivity contribution in [2.45, 2.75) is 12.5 Å². The molecule has 78 valence electrons. The van der Waals surface area contributed by atoms with E-state index in [0.29, 0.717) is 0 Å². The fourth-order valence-electron chi connectivity index (χ4n) is 0.859. The molecule has 13 heavy (non-hydrogen) atoms. The smallest absolute Gasteiger partial charge is 0.320 e. The van der Waals surface area contributed by atoms with Gasteiger partial charge in [0, 0.05) is 18.9 Å². The van der Waals surface area contributed by atoms with Gasteiger partial charge in [-0.25, -0.2) is 0 Å². The van der Waals surface area contributed by atoms with Crippen molar-refractivity contribution in [3.05, 3.63) is 0 Å². The molecule has 0 spiro atoms. The van der Waals surface area contributed by atoms with Crippen LogP contribution in [-0.2, 0) is 9.36 Å². The summed E-state index contributed by atoms with van der Waals surface area (Å²) < 4.78 is 11.5. The van der Waals surface area contributed by atoms with Gasteiger partial charge in [-0.15, -0.1) is 0 Å². The molecule has 0 heterocycles. The number of carboxylic acid groups (broad SMARTS) is 1. The number of rotatable bonds is 6. The lowest BCUT2D eigenvalue weighted by molar-refractivity contribution is -0.138. The Balaban J connectivity index is 3.87. The summed E-state index contributed by atoms with van der Waals surface area (Å²) in [6.45, 7) is 1.42. The maximum Gasteiger partial charge on any atom is 0.320 e. The van der Waals surface area contributed by atoms with Crippen LogP contribution in [0.3, 0.4) is 0 Å². The highest BCUT2D eigenvalue weighted by atomic mass is 31.2. The minimum absolute atomic E-state index is 0.129. The van der Waals surface area contributed by atoms with E-state index in [9.17, 15) is 9.36 Å². The zero-order chi connectivity index (χ0) is 10.5. The van der Waals surface area contributed by atoms with Crippen LogP contribution in [0, 0.1) is 0 Å². The quantitative estimate of drug-likeness (QED) is 0.525. The molecule has 6 heteroatoms. The predicted molar refractivity (Wildman–Crippen MR) is 50.6 cm³/mol. The van der Waals surface area contributed by atoms with Crippen molar-refractivity contribution >= 4 is 13.1 Å². The van der Waals surface area contributed by atoms with Gasteiger partial charge >= 0.3 is 5.97 Å². The molecule has 0 aliphatic rings. The molecule has 0 aliphatic heterocycles. The molecule has 0 aromatic rings. The molecule has 0 aromatic heterocycles. The molecule has 0 aromatic carbocycles. The minimum atomic E-state index is -2.38. The first-order valence-corrected chi connectivity index (χ1v) is 6.56. The Morgan fingerprint density at radius 2 is 2.08 bits per heavy atom. The van der Waals surface area contributed by atoms with E-state index in [4.69, 9.17) is 15.9 Å². The fourth-order valence-corrected chi connectivity index (χ4v) is 2.33. The summed E-state index contributed by atoms with van der Waals surface area (Å²) in [5, 5.41) is 17.0. The van der Waals surface area contributed by atoms with E-state index in [1.165, 1.54) is 0 Å². The van der Waals surface area contributed by atoms with Crippen molar-refractivity contribution in [1.82, 2.24) is 0 Å². The van der Waals surface area contributed by atoms with E-state index in [-0.39, 0.29) is 25.4 Å². The van der Waals surface area contributed by atoms with Gasteiger partial charge in [-0.3, -0.25) is 4.79 Å². The standard InChI is InChI=1S/C7H16NO4P/c1-13(12,5-3-9)4-2-6(8)7(10)11/h6,9H,2-5,8H2,1H3,(H,10,11)/t6-,13?/m1/s1. The third kappa shape index (κ3) is 5.80. The number of carboxylic acids is 1. The predicted octanol–water partition coefficient (Wildman–Crippen LogP) is -0.226. The van der Waals surface area contributed by atoms with E-state index < -0.39 is 19.2 Å². The van der Waals surface area contributed by atoms with Crippen molar-refractivity contribution in [3.8, 4) is 0 Å². The zero-order valence-corrected chi connectivity index (χ0v) is 8.54. The molecule has 0 aliphatic carbocycles. The number of aliphatic hydroxyl groups is 1. The van der Waals surface area contributed by atoms with Gasteiger partial charge in [0.1, 0.15) is 6.04 Å². The number of aliphatic carboxylic acids is 1. The molecule has 0 fully saturated rings. The van der Waals surface area contributed by atoms with Gasteiger partial charge in [-0.1, -0.05) is 0 Å². The lowest BCUT2D eigenvalue weighted by Crippen LogP contribution is -2.31. The van der Waals surface area contributed by atoms with Gasteiger partial charge < -0.3 is 20.5 Å². The summed E-state index contributed by atoms with van der Waals surface area (Å²) in [4.78, 5) is 10.3. The summed E-state index contributed by atoms with van der Waals surface area (Å²) in [6, 6.07) is -0.952. The van der Waals surface area contributed by atoms with Gasteiger partial charge in [0.25, 0.3) is 0 Å². The summed E-state index contributed by atoms with van der Waals surface area (Å²) in [5.41, 5.74) is 5.24. The minimum Gasteiger partial charge on any atom is -0.480 e. The SMILES string of the molecule is CP(=O)(CCO)CC[C@@H](N)C(=O)O. The topological polar surface area (TPSA) is 101 Å². The Morgan fingerprint density at radius 1 is 1.54 bits per heavy atom. The van der Waals surface area contributed by atoms with E-state index in [0.717, 1.165) is 0 Å². The van der Waals surface area contributed by atoms with Crippen LogP contribution in [-0.4, -0.2) is 47.8 Å². The van der Waals surface area contributed by atoms with Gasteiger partial charge in [-0.05, 0) is 13.1 Å². The van der Waals surface area contributed by atoms with Gasteiger partial charge in [0.05, 0.1) is 7.14 Å². The maximum atomic E-state index is 11.5. The number of hydrogen-bond donors (Lipinski definition) is 3. The van der Waals surface area contributed by atoms with Crippen molar-refractivity contribution < 1.29 is 19.6 Å². The molecule has 0 radical (unpaired) electrons. The molecule has 0 saturated heterocycles. The summed E-state index contributed by atoms with van der Waals surface area (Å²) in [5.74, 6) is -1.08. The second-order valence-electron chi connectivity index (χ2n) is 3.20. The van der Waals surface area contributed by atoms with Crippen LogP contribution in [0.4, 0.5) is 0 Å². The molecule has 0 saturated carbocycles. The lowest BCUT2D eigenvalue weighted by atomic mass is 10.2. The molecular weight excluding hydrogens is 193 g/mol. The Kier molecular flexibility index (Phi) is 5.21. The number of nitrogens with two attached hydrogens (primary N) is 1. The second kappa shape index (κ2) is 5.37. The molecule has 2 atom stereocenters.